The molecule has 0 aromatic carbocycles. The Morgan fingerprint density at radius 1 is 1.34 bits per heavy atom. The zero-order valence-electron chi connectivity index (χ0n) is 18.5. The molecule has 0 bridgehead atoms. The molecule has 2 aromatic heterocycles. The first-order valence-corrected chi connectivity index (χ1v) is 11.2. The number of nitrogens with zero attached hydrogens (tertiary/aromatic N) is 6. The van der Waals surface area contributed by atoms with Gasteiger partial charge in [-0.2, -0.15) is 5.10 Å². The minimum Gasteiger partial charge on any atom is -0.357 e. The van der Waals surface area contributed by atoms with E-state index >= 15 is 0 Å². The lowest BCUT2D eigenvalue weighted by Gasteiger charge is -2.19. The molecule has 32 heavy (non-hydrogen) atoms. The summed E-state index contributed by atoms with van der Waals surface area (Å²) in [4.78, 5) is 23.2. The Kier molecular flexibility index (Phi) is 8.88. The van der Waals surface area contributed by atoms with E-state index in [1.165, 1.54) is 6.07 Å². The number of aryl methyl sites for hydroxylation is 2. The van der Waals surface area contributed by atoms with Gasteiger partial charge in [0.2, 0.25) is 0 Å². The van der Waals surface area contributed by atoms with Crippen LogP contribution in [0.4, 0.5) is 10.2 Å². The number of halogens is 2. The van der Waals surface area contributed by atoms with E-state index in [4.69, 9.17) is 0 Å². The normalized spacial score (nSPS) is 18.2. The van der Waals surface area contributed by atoms with E-state index in [2.05, 4.69) is 25.7 Å². The summed E-state index contributed by atoms with van der Waals surface area (Å²) in [6.07, 6.45) is 6.28. The molecule has 1 atom stereocenters. The van der Waals surface area contributed by atoms with Crippen molar-refractivity contribution in [3.63, 3.8) is 0 Å². The maximum atomic E-state index is 14.0. The molecular formula is C21H32FIN8O. The van der Waals surface area contributed by atoms with E-state index in [0.29, 0.717) is 25.5 Å². The first-order chi connectivity index (χ1) is 15.2. The van der Waals surface area contributed by atoms with Crippen molar-refractivity contribution in [2.45, 2.75) is 58.2 Å². The maximum Gasteiger partial charge on any atom is 0.345 e. The second-order valence-corrected chi connectivity index (χ2v) is 8.03. The van der Waals surface area contributed by atoms with Gasteiger partial charge >= 0.3 is 5.69 Å². The molecule has 2 aromatic rings. The van der Waals surface area contributed by atoms with Crippen LogP contribution in [0.25, 0.3) is 0 Å². The van der Waals surface area contributed by atoms with Crippen molar-refractivity contribution in [2.24, 2.45) is 4.99 Å². The van der Waals surface area contributed by atoms with Crippen LogP contribution in [0.3, 0.4) is 0 Å². The number of hydrogen-bond acceptors (Lipinski definition) is 5. The third-order valence-corrected chi connectivity index (χ3v) is 5.74. The summed E-state index contributed by atoms with van der Waals surface area (Å²) < 4.78 is 17.4. The Labute approximate surface area is 204 Å². The average molecular weight is 558 g/mol. The van der Waals surface area contributed by atoms with Crippen LogP contribution >= 0.6 is 24.0 Å². The highest BCUT2D eigenvalue weighted by atomic mass is 127. The van der Waals surface area contributed by atoms with E-state index < -0.39 is 0 Å². The first-order valence-electron chi connectivity index (χ1n) is 11.2. The highest BCUT2D eigenvalue weighted by Crippen LogP contribution is 2.20. The maximum absolute atomic E-state index is 14.0. The minimum atomic E-state index is -0.292. The Bertz CT molecular complexity index is 975. The summed E-state index contributed by atoms with van der Waals surface area (Å²) in [5, 5.41) is 11.2. The van der Waals surface area contributed by atoms with Crippen molar-refractivity contribution in [2.75, 3.05) is 31.1 Å². The van der Waals surface area contributed by atoms with Crippen LogP contribution in [-0.2, 0) is 19.5 Å². The second-order valence-electron chi connectivity index (χ2n) is 8.03. The van der Waals surface area contributed by atoms with Gasteiger partial charge in [0.15, 0.2) is 17.6 Å². The van der Waals surface area contributed by atoms with E-state index in [-0.39, 0.29) is 41.5 Å². The molecule has 2 N–H and O–H groups in total. The van der Waals surface area contributed by atoms with E-state index in [1.54, 1.807) is 21.5 Å². The first kappa shape index (κ1) is 24.5. The minimum absolute atomic E-state index is 0. The number of aliphatic imine (C=N–C) groups is 1. The smallest absolute Gasteiger partial charge is 0.345 e. The van der Waals surface area contributed by atoms with Gasteiger partial charge in [0.05, 0.1) is 0 Å². The standard InChI is InChI=1S/C21H31FN8O.HI/c1-2-23-20(26-16-9-14-28(15-16)19-17(22)7-5-10-24-19)25-11-6-13-30-21(31)29-12-4-3-8-18(29)27-30;/h5,7,10,16H,2-4,6,8-9,11-15H2,1H3,(H2,23,25,26);1H. The molecule has 11 heteroatoms. The monoisotopic (exact) mass is 558 g/mol. The molecule has 0 amide bonds. The van der Waals surface area contributed by atoms with Crippen molar-refractivity contribution in [3.8, 4) is 0 Å². The predicted molar refractivity (Wildman–Crippen MR) is 133 cm³/mol. The van der Waals surface area contributed by atoms with Crippen molar-refractivity contribution in [3.05, 3.63) is 40.5 Å². The molecule has 0 radical (unpaired) electrons. The molecular weight excluding hydrogens is 526 g/mol. The lowest BCUT2D eigenvalue weighted by atomic mass is 10.2. The van der Waals surface area contributed by atoms with Crippen LogP contribution in [0.15, 0.2) is 28.1 Å². The van der Waals surface area contributed by atoms with Crippen molar-refractivity contribution >= 4 is 35.8 Å². The Morgan fingerprint density at radius 3 is 3.00 bits per heavy atom. The third-order valence-electron chi connectivity index (χ3n) is 5.74. The molecule has 1 saturated heterocycles. The van der Waals surface area contributed by atoms with Gasteiger partial charge in [0.25, 0.3) is 0 Å². The van der Waals surface area contributed by atoms with Gasteiger partial charge in [-0.3, -0.25) is 9.56 Å². The fraction of sp³-hybridized carbons (Fsp3) is 0.619. The number of guanidine groups is 1. The fourth-order valence-corrected chi connectivity index (χ4v) is 4.20. The van der Waals surface area contributed by atoms with Crippen molar-refractivity contribution < 1.29 is 4.39 Å². The van der Waals surface area contributed by atoms with Gasteiger partial charge in [0.1, 0.15) is 5.82 Å². The molecule has 176 valence electrons. The summed E-state index contributed by atoms with van der Waals surface area (Å²) in [6.45, 7) is 6.14. The quantitative estimate of drug-likeness (QED) is 0.233. The number of anilines is 1. The highest BCUT2D eigenvalue weighted by molar-refractivity contribution is 14.0. The summed E-state index contributed by atoms with van der Waals surface area (Å²) in [5.74, 6) is 1.76. The number of pyridine rings is 1. The molecule has 1 unspecified atom stereocenters. The van der Waals surface area contributed by atoms with Gasteiger partial charge in [0, 0.05) is 57.9 Å². The van der Waals surface area contributed by atoms with Crippen LogP contribution in [0, 0.1) is 5.82 Å². The lowest BCUT2D eigenvalue weighted by Crippen LogP contribution is -2.44. The molecule has 2 aliphatic heterocycles. The summed E-state index contributed by atoms with van der Waals surface area (Å²) in [6, 6.07) is 3.21. The number of hydrogen-bond donors (Lipinski definition) is 2. The van der Waals surface area contributed by atoms with Crippen LogP contribution in [0.1, 0.15) is 38.4 Å². The van der Waals surface area contributed by atoms with Gasteiger partial charge in [-0.1, -0.05) is 0 Å². The molecule has 4 heterocycles. The Balaban J connectivity index is 0.00000289. The molecule has 1 fully saturated rings. The summed E-state index contributed by atoms with van der Waals surface area (Å²) in [7, 11) is 0. The topological polar surface area (TPSA) is 92.4 Å². The largest absolute Gasteiger partial charge is 0.357 e. The number of rotatable bonds is 7. The average Bonchev–Trinajstić information content (AvgIpc) is 3.36. The van der Waals surface area contributed by atoms with Gasteiger partial charge < -0.3 is 15.5 Å². The van der Waals surface area contributed by atoms with Gasteiger partial charge in [-0.05, 0) is 44.7 Å². The summed E-state index contributed by atoms with van der Waals surface area (Å²) >= 11 is 0. The van der Waals surface area contributed by atoms with E-state index in [1.807, 2.05) is 11.8 Å². The number of nitrogens with one attached hydrogen (secondary N) is 2. The zero-order chi connectivity index (χ0) is 21.6. The predicted octanol–water partition coefficient (Wildman–Crippen LogP) is 1.76. The number of fused-ring (bicyclic) bond motifs is 1. The van der Waals surface area contributed by atoms with Gasteiger partial charge in [-0.25, -0.2) is 18.9 Å². The highest BCUT2D eigenvalue weighted by Gasteiger charge is 2.26. The second kappa shape index (κ2) is 11.6. The third kappa shape index (κ3) is 5.78. The van der Waals surface area contributed by atoms with Gasteiger partial charge in [-0.15, -0.1) is 24.0 Å². The molecule has 0 spiro atoms. The Hall–Kier alpha value is -2.18. The van der Waals surface area contributed by atoms with Crippen molar-refractivity contribution in [1.82, 2.24) is 30.0 Å². The van der Waals surface area contributed by atoms with E-state index in [9.17, 15) is 9.18 Å². The zero-order valence-corrected chi connectivity index (χ0v) is 20.8. The summed E-state index contributed by atoms with van der Waals surface area (Å²) in [5.41, 5.74) is -0.00323. The fourth-order valence-electron chi connectivity index (χ4n) is 4.20. The van der Waals surface area contributed by atoms with Crippen LogP contribution in [0.2, 0.25) is 0 Å². The van der Waals surface area contributed by atoms with E-state index in [0.717, 1.165) is 63.5 Å². The molecule has 2 aliphatic rings. The lowest BCUT2D eigenvalue weighted by molar-refractivity contribution is 0.509. The Morgan fingerprint density at radius 2 is 2.22 bits per heavy atom. The molecule has 9 nitrogen and oxygen atoms in total. The number of aromatic nitrogens is 4. The SMILES string of the molecule is CCNC(=NCCCn1nc2n(c1=O)CCCC2)NC1CCN(c2ncccc2F)C1.I. The van der Waals surface area contributed by atoms with Crippen LogP contribution in [0.5, 0.6) is 0 Å². The molecule has 4 rings (SSSR count). The van der Waals surface area contributed by atoms with Crippen molar-refractivity contribution in [1.29, 1.82) is 0 Å². The van der Waals surface area contributed by atoms with Crippen LogP contribution < -0.4 is 21.2 Å². The molecule has 0 aliphatic carbocycles. The van der Waals surface area contributed by atoms with Crippen LogP contribution in [-0.4, -0.2) is 57.5 Å². The molecule has 0 saturated carbocycles.